The van der Waals surface area contributed by atoms with Crippen molar-refractivity contribution < 1.29 is 19.0 Å². The lowest BCUT2D eigenvalue weighted by Crippen LogP contribution is -2.44. The molecule has 1 aromatic carbocycles. The third kappa shape index (κ3) is 2.80. The van der Waals surface area contributed by atoms with Gasteiger partial charge in [-0.3, -0.25) is 0 Å². The van der Waals surface area contributed by atoms with Crippen LogP contribution in [0.2, 0.25) is 0 Å². The van der Waals surface area contributed by atoms with E-state index in [1.165, 1.54) is 18.5 Å². The number of aromatic nitrogens is 3. The maximum Gasteiger partial charge on any atom is 0.153 e. The van der Waals surface area contributed by atoms with E-state index < -0.39 is 42.2 Å². The molecule has 1 saturated carbocycles. The SMILES string of the molecule is Cc1ncnc2c1ccn2[C@@H]1C[C@H](C(F)(CN)c2ccc(F)cc2)[C@@H](O)[C@H]1O. The average molecular weight is 388 g/mol. The van der Waals surface area contributed by atoms with Gasteiger partial charge in [-0.15, -0.1) is 0 Å². The number of rotatable bonds is 4. The van der Waals surface area contributed by atoms with Crippen LogP contribution in [-0.2, 0) is 5.67 Å². The van der Waals surface area contributed by atoms with E-state index in [0.717, 1.165) is 23.2 Å². The zero-order valence-electron chi connectivity index (χ0n) is 15.3. The largest absolute Gasteiger partial charge is 0.390 e. The van der Waals surface area contributed by atoms with Crippen LogP contribution in [-0.4, -0.2) is 43.5 Å². The molecule has 2 aromatic heterocycles. The predicted molar refractivity (Wildman–Crippen MR) is 99.7 cm³/mol. The normalized spacial score (nSPS) is 27.2. The molecule has 6 nitrogen and oxygen atoms in total. The van der Waals surface area contributed by atoms with Crippen molar-refractivity contribution in [2.75, 3.05) is 6.54 Å². The van der Waals surface area contributed by atoms with Gasteiger partial charge in [0, 0.05) is 24.0 Å². The van der Waals surface area contributed by atoms with Crippen molar-refractivity contribution in [3.8, 4) is 0 Å². The monoisotopic (exact) mass is 388 g/mol. The minimum absolute atomic E-state index is 0.153. The Morgan fingerprint density at radius 1 is 1.18 bits per heavy atom. The molecule has 5 atom stereocenters. The van der Waals surface area contributed by atoms with Gasteiger partial charge in [-0.2, -0.15) is 0 Å². The highest BCUT2D eigenvalue weighted by atomic mass is 19.1. The van der Waals surface area contributed by atoms with Gasteiger partial charge in [0.25, 0.3) is 0 Å². The minimum atomic E-state index is -2.10. The molecule has 4 N–H and O–H groups in total. The third-order valence-electron chi connectivity index (χ3n) is 5.93. The summed E-state index contributed by atoms with van der Waals surface area (Å²) in [5, 5.41) is 22.2. The van der Waals surface area contributed by atoms with Crippen molar-refractivity contribution in [3.63, 3.8) is 0 Å². The molecule has 1 aliphatic carbocycles. The Labute approximate surface area is 160 Å². The van der Waals surface area contributed by atoms with Crippen LogP contribution in [0.3, 0.4) is 0 Å². The van der Waals surface area contributed by atoms with E-state index in [4.69, 9.17) is 5.73 Å². The first kappa shape index (κ1) is 18.9. The zero-order valence-corrected chi connectivity index (χ0v) is 15.3. The van der Waals surface area contributed by atoms with Crippen LogP contribution in [0, 0.1) is 18.7 Å². The number of nitrogens with zero attached hydrogens (tertiary/aromatic N) is 3. The molecule has 0 spiro atoms. The highest BCUT2D eigenvalue weighted by Crippen LogP contribution is 2.47. The number of alkyl halides is 1. The molecule has 28 heavy (non-hydrogen) atoms. The second-order valence-corrected chi connectivity index (χ2v) is 7.38. The lowest BCUT2D eigenvalue weighted by molar-refractivity contribution is -0.0394. The Balaban J connectivity index is 1.72. The summed E-state index contributed by atoms with van der Waals surface area (Å²) < 4.78 is 31.0. The lowest BCUT2D eigenvalue weighted by atomic mass is 9.80. The molecule has 1 aliphatic rings. The van der Waals surface area contributed by atoms with Gasteiger partial charge < -0.3 is 20.5 Å². The number of fused-ring (bicyclic) bond motifs is 1. The highest BCUT2D eigenvalue weighted by Gasteiger charge is 2.53. The van der Waals surface area contributed by atoms with Gasteiger partial charge in [0.15, 0.2) is 5.67 Å². The molecule has 0 bridgehead atoms. The van der Waals surface area contributed by atoms with Gasteiger partial charge in [0.1, 0.15) is 23.9 Å². The molecule has 8 heteroatoms. The standard InChI is InChI=1S/C20H22F2N4O2/c1-11-14-6-7-26(19(14)25-10-24-11)16-8-15(17(27)18(16)28)20(22,9-23)12-2-4-13(21)5-3-12/h2-7,10,15-18,27-28H,8-9,23H2,1H3/t15-,16+,17+,18-,20?/m0/s1. The van der Waals surface area contributed by atoms with Crippen LogP contribution in [0.25, 0.3) is 11.0 Å². The minimum Gasteiger partial charge on any atom is -0.390 e. The van der Waals surface area contributed by atoms with E-state index >= 15 is 4.39 Å². The second kappa shape index (κ2) is 6.88. The van der Waals surface area contributed by atoms with Gasteiger partial charge in [-0.25, -0.2) is 18.7 Å². The van der Waals surface area contributed by atoms with E-state index in [-0.39, 0.29) is 12.0 Å². The molecular formula is C20H22F2N4O2. The van der Waals surface area contributed by atoms with E-state index in [0.29, 0.717) is 5.65 Å². The molecule has 0 radical (unpaired) electrons. The Morgan fingerprint density at radius 2 is 1.89 bits per heavy atom. The van der Waals surface area contributed by atoms with Crippen molar-refractivity contribution in [3.05, 3.63) is 59.9 Å². The third-order valence-corrected chi connectivity index (χ3v) is 5.93. The van der Waals surface area contributed by atoms with Crippen LogP contribution >= 0.6 is 0 Å². The number of aliphatic hydroxyl groups is 2. The number of benzene rings is 1. The molecule has 1 fully saturated rings. The van der Waals surface area contributed by atoms with Crippen molar-refractivity contribution in [2.24, 2.45) is 11.7 Å². The van der Waals surface area contributed by atoms with Crippen LogP contribution in [0.15, 0.2) is 42.9 Å². The van der Waals surface area contributed by atoms with E-state index in [9.17, 15) is 14.6 Å². The molecule has 2 heterocycles. The number of aryl methyl sites for hydroxylation is 1. The smallest absolute Gasteiger partial charge is 0.153 e. The molecule has 4 rings (SSSR count). The van der Waals surface area contributed by atoms with Crippen LogP contribution in [0.4, 0.5) is 8.78 Å². The summed E-state index contributed by atoms with van der Waals surface area (Å²) >= 11 is 0. The second-order valence-electron chi connectivity index (χ2n) is 7.38. The van der Waals surface area contributed by atoms with Crippen molar-refractivity contribution in [1.82, 2.24) is 14.5 Å². The lowest BCUT2D eigenvalue weighted by Gasteiger charge is -2.33. The number of halogens is 2. The van der Waals surface area contributed by atoms with Crippen molar-refractivity contribution >= 4 is 11.0 Å². The first-order chi connectivity index (χ1) is 13.4. The molecule has 148 valence electrons. The van der Waals surface area contributed by atoms with Crippen molar-refractivity contribution in [1.29, 1.82) is 0 Å². The van der Waals surface area contributed by atoms with Crippen LogP contribution in [0.5, 0.6) is 0 Å². The Bertz CT molecular complexity index is 994. The van der Waals surface area contributed by atoms with Crippen LogP contribution < -0.4 is 5.73 Å². The fourth-order valence-corrected chi connectivity index (χ4v) is 4.32. The van der Waals surface area contributed by atoms with Gasteiger partial charge >= 0.3 is 0 Å². The molecule has 3 aromatic rings. The van der Waals surface area contributed by atoms with Gasteiger partial charge in [-0.05, 0) is 37.1 Å². The average Bonchev–Trinajstić information content (AvgIpc) is 3.25. The number of hydrogen-bond donors (Lipinski definition) is 3. The molecule has 0 aliphatic heterocycles. The van der Waals surface area contributed by atoms with E-state index in [1.54, 1.807) is 10.8 Å². The fourth-order valence-electron chi connectivity index (χ4n) is 4.32. The summed E-state index contributed by atoms with van der Waals surface area (Å²) in [7, 11) is 0. The zero-order chi connectivity index (χ0) is 20.1. The Morgan fingerprint density at radius 3 is 2.57 bits per heavy atom. The first-order valence-electron chi connectivity index (χ1n) is 9.16. The summed E-state index contributed by atoms with van der Waals surface area (Å²) in [6.07, 6.45) is 0.818. The van der Waals surface area contributed by atoms with E-state index in [2.05, 4.69) is 9.97 Å². The van der Waals surface area contributed by atoms with Gasteiger partial charge in [-0.1, -0.05) is 12.1 Å². The first-order valence-corrected chi connectivity index (χ1v) is 9.16. The number of hydrogen-bond acceptors (Lipinski definition) is 5. The predicted octanol–water partition coefficient (Wildman–Crippen LogP) is 1.99. The fraction of sp³-hybridized carbons (Fsp3) is 0.400. The molecule has 0 saturated heterocycles. The number of aliphatic hydroxyl groups excluding tert-OH is 2. The number of nitrogens with two attached hydrogens (primary N) is 1. The molecular weight excluding hydrogens is 366 g/mol. The summed E-state index contributed by atoms with van der Waals surface area (Å²) in [6.45, 7) is 1.46. The summed E-state index contributed by atoms with van der Waals surface area (Å²) in [6, 6.07) is 6.24. The quantitative estimate of drug-likeness (QED) is 0.635. The van der Waals surface area contributed by atoms with Gasteiger partial charge in [0.2, 0.25) is 0 Å². The maximum absolute atomic E-state index is 16.0. The molecule has 0 amide bonds. The Hall–Kier alpha value is -2.42. The topological polar surface area (TPSA) is 97.2 Å². The highest BCUT2D eigenvalue weighted by molar-refractivity contribution is 5.78. The Kier molecular flexibility index (Phi) is 4.65. The summed E-state index contributed by atoms with van der Waals surface area (Å²) in [5.41, 5.74) is 5.24. The van der Waals surface area contributed by atoms with Gasteiger partial charge in [0.05, 0.1) is 17.8 Å². The summed E-state index contributed by atoms with van der Waals surface area (Å²) in [5.74, 6) is -1.44. The van der Waals surface area contributed by atoms with E-state index in [1.807, 2.05) is 13.0 Å². The molecule has 1 unspecified atom stereocenters. The van der Waals surface area contributed by atoms with Crippen molar-refractivity contribution in [2.45, 2.75) is 37.3 Å². The summed E-state index contributed by atoms with van der Waals surface area (Å²) in [4.78, 5) is 8.43. The van der Waals surface area contributed by atoms with Crippen LogP contribution in [0.1, 0.15) is 23.7 Å². The maximum atomic E-state index is 16.0.